The minimum absolute atomic E-state index is 0.107. The molecule has 1 aliphatic heterocycles. The van der Waals surface area contributed by atoms with E-state index < -0.39 is 10.0 Å². The minimum atomic E-state index is -3.16. The molecule has 1 aromatic rings. The normalized spacial score (nSPS) is 16.7. The van der Waals surface area contributed by atoms with Crippen molar-refractivity contribution >= 4 is 15.9 Å². The van der Waals surface area contributed by atoms with Gasteiger partial charge in [0.15, 0.2) is 0 Å². The number of rotatable bonds is 8. The lowest BCUT2D eigenvalue weighted by Gasteiger charge is -2.33. The van der Waals surface area contributed by atoms with Gasteiger partial charge in [0.2, 0.25) is 15.9 Å². The molecule has 6 nitrogen and oxygen atoms in total. The second-order valence-corrected chi connectivity index (χ2v) is 8.72. The van der Waals surface area contributed by atoms with Gasteiger partial charge in [0.05, 0.1) is 5.75 Å². The van der Waals surface area contributed by atoms with Gasteiger partial charge in [-0.15, -0.1) is 0 Å². The first-order valence-corrected chi connectivity index (χ1v) is 10.6. The van der Waals surface area contributed by atoms with Gasteiger partial charge in [-0.3, -0.25) is 4.79 Å². The highest BCUT2D eigenvalue weighted by molar-refractivity contribution is 7.89. The first-order valence-electron chi connectivity index (χ1n) is 8.98. The predicted octanol–water partition coefficient (Wildman–Crippen LogP) is 1.43. The van der Waals surface area contributed by atoms with E-state index in [4.69, 9.17) is 5.73 Å². The van der Waals surface area contributed by atoms with Crippen LogP contribution in [0.15, 0.2) is 30.3 Å². The molecule has 1 fully saturated rings. The van der Waals surface area contributed by atoms with E-state index in [1.165, 1.54) is 4.31 Å². The number of carbonyl (C=O) groups is 1. The zero-order valence-corrected chi connectivity index (χ0v) is 15.7. The van der Waals surface area contributed by atoms with Crippen molar-refractivity contribution in [3.63, 3.8) is 0 Å². The molecule has 0 radical (unpaired) electrons. The second-order valence-electron chi connectivity index (χ2n) is 6.46. The summed E-state index contributed by atoms with van der Waals surface area (Å²) < 4.78 is 25.4. The number of carbonyl (C=O) groups excluding carboxylic acids is 1. The van der Waals surface area contributed by atoms with Crippen molar-refractivity contribution in [2.75, 3.05) is 31.9 Å². The van der Waals surface area contributed by atoms with Gasteiger partial charge < -0.3 is 10.6 Å². The number of amides is 1. The van der Waals surface area contributed by atoms with Crippen LogP contribution in [0, 0.1) is 5.92 Å². The quantitative estimate of drug-likeness (QED) is 0.753. The van der Waals surface area contributed by atoms with Gasteiger partial charge in [-0.2, -0.15) is 0 Å². The molecule has 1 aliphatic rings. The highest BCUT2D eigenvalue weighted by Crippen LogP contribution is 2.23. The van der Waals surface area contributed by atoms with Gasteiger partial charge in [-0.25, -0.2) is 12.7 Å². The van der Waals surface area contributed by atoms with E-state index >= 15 is 0 Å². The van der Waals surface area contributed by atoms with Crippen molar-refractivity contribution in [2.24, 2.45) is 11.7 Å². The zero-order chi connectivity index (χ0) is 18.3. The summed E-state index contributed by atoms with van der Waals surface area (Å²) in [6.07, 6.45) is 1.94. The van der Waals surface area contributed by atoms with Crippen molar-refractivity contribution in [2.45, 2.75) is 32.7 Å². The Morgan fingerprint density at radius 3 is 2.44 bits per heavy atom. The lowest BCUT2D eigenvalue weighted by atomic mass is 9.96. The lowest BCUT2D eigenvalue weighted by molar-refractivity contribution is -0.137. The van der Waals surface area contributed by atoms with Crippen LogP contribution in [0.1, 0.15) is 31.7 Å². The van der Waals surface area contributed by atoms with Crippen LogP contribution in [-0.4, -0.2) is 55.5 Å². The summed E-state index contributed by atoms with van der Waals surface area (Å²) >= 11 is 0. The summed E-state index contributed by atoms with van der Waals surface area (Å²) in [6, 6.07) is 9.92. The molecule has 1 aromatic carbocycles. The maximum atomic E-state index is 13.0. The van der Waals surface area contributed by atoms with Crippen LogP contribution < -0.4 is 5.73 Å². The van der Waals surface area contributed by atoms with Crippen LogP contribution in [-0.2, 0) is 21.4 Å². The van der Waals surface area contributed by atoms with E-state index in [0.29, 0.717) is 45.6 Å². The fraction of sp³-hybridized carbons (Fsp3) is 0.611. The summed E-state index contributed by atoms with van der Waals surface area (Å²) in [5.41, 5.74) is 6.72. The molecule has 0 bridgehead atoms. The molecule has 0 spiro atoms. The number of nitrogens with two attached hydrogens (primary N) is 1. The van der Waals surface area contributed by atoms with Crippen LogP contribution in [0.25, 0.3) is 0 Å². The molecular weight excluding hydrogens is 338 g/mol. The molecule has 0 atom stereocenters. The monoisotopic (exact) mass is 367 g/mol. The highest BCUT2D eigenvalue weighted by atomic mass is 32.2. The van der Waals surface area contributed by atoms with Gasteiger partial charge in [-0.05, 0) is 38.3 Å². The topological polar surface area (TPSA) is 83.7 Å². The average molecular weight is 368 g/mol. The maximum Gasteiger partial charge on any atom is 0.226 e. The second kappa shape index (κ2) is 9.31. The molecule has 0 saturated carbocycles. The molecule has 7 heteroatoms. The predicted molar refractivity (Wildman–Crippen MR) is 99.3 cm³/mol. The van der Waals surface area contributed by atoms with E-state index in [2.05, 4.69) is 0 Å². The Hall–Kier alpha value is -1.44. The van der Waals surface area contributed by atoms with E-state index in [9.17, 15) is 13.2 Å². The summed E-state index contributed by atoms with van der Waals surface area (Å²) in [5, 5.41) is 0. The molecule has 0 aliphatic carbocycles. The van der Waals surface area contributed by atoms with Crippen molar-refractivity contribution < 1.29 is 13.2 Å². The Kier molecular flexibility index (Phi) is 7.40. The third-order valence-electron chi connectivity index (χ3n) is 4.72. The molecular formula is C18H29N3O3S. The maximum absolute atomic E-state index is 13.0. The molecule has 1 heterocycles. The summed E-state index contributed by atoms with van der Waals surface area (Å²) in [5.74, 6) is 0.123. The molecule has 140 valence electrons. The Morgan fingerprint density at radius 1 is 1.24 bits per heavy atom. The number of hydrogen-bond acceptors (Lipinski definition) is 4. The number of benzene rings is 1. The first-order chi connectivity index (χ1) is 12.0. The average Bonchev–Trinajstić information content (AvgIpc) is 2.65. The fourth-order valence-electron chi connectivity index (χ4n) is 3.17. The van der Waals surface area contributed by atoms with Gasteiger partial charge >= 0.3 is 0 Å². The lowest BCUT2D eigenvalue weighted by Crippen LogP contribution is -2.45. The summed E-state index contributed by atoms with van der Waals surface area (Å²) in [4.78, 5) is 14.8. The highest BCUT2D eigenvalue weighted by Gasteiger charge is 2.32. The van der Waals surface area contributed by atoms with Crippen LogP contribution in [0.5, 0.6) is 0 Å². The van der Waals surface area contributed by atoms with Gasteiger partial charge in [0.1, 0.15) is 0 Å². The van der Waals surface area contributed by atoms with Crippen molar-refractivity contribution in [3.8, 4) is 0 Å². The largest absolute Gasteiger partial charge is 0.338 e. The van der Waals surface area contributed by atoms with Crippen LogP contribution in [0.4, 0.5) is 0 Å². The first kappa shape index (κ1) is 19.9. The minimum Gasteiger partial charge on any atom is -0.338 e. The Bertz CT molecular complexity index is 641. The summed E-state index contributed by atoms with van der Waals surface area (Å²) in [7, 11) is -3.16. The SMILES string of the molecule is CCS(=O)(=O)N1CCC(C(=O)N(CCCN)Cc2ccccc2)CC1. The Morgan fingerprint density at radius 2 is 1.88 bits per heavy atom. The third-order valence-corrected chi connectivity index (χ3v) is 6.60. The fourth-order valence-corrected chi connectivity index (χ4v) is 4.31. The van der Waals surface area contributed by atoms with Crippen molar-refractivity contribution in [3.05, 3.63) is 35.9 Å². The molecule has 0 aromatic heterocycles. The van der Waals surface area contributed by atoms with Crippen molar-refractivity contribution in [1.29, 1.82) is 0 Å². The zero-order valence-electron chi connectivity index (χ0n) is 14.9. The van der Waals surface area contributed by atoms with Gasteiger partial charge in [0.25, 0.3) is 0 Å². The standard InChI is InChI=1S/C18H29N3O3S/c1-2-25(23,24)21-13-9-17(10-14-21)18(22)20(12-6-11-19)15-16-7-4-3-5-8-16/h3-5,7-8,17H,2,6,9-15,19H2,1H3. The Balaban J connectivity index is 1.99. The number of piperidine rings is 1. The molecule has 25 heavy (non-hydrogen) atoms. The smallest absolute Gasteiger partial charge is 0.226 e. The molecule has 2 rings (SSSR count). The molecule has 1 amide bonds. The van der Waals surface area contributed by atoms with E-state index in [1.807, 2.05) is 35.2 Å². The molecule has 2 N–H and O–H groups in total. The van der Waals surface area contributed by atoms with Gasteiger partial charge in [0, 0.05) is 32.1 Å². The van der Waals surface area contributed by atoms with Gasteiger partial charge in [-0.1, -0.05) is 30.3 Å². The number of nitrogens with zero attached hydrogens (tertiary/aromatic N) is 2. The van der Waals surface area contributed by atoms with E-state index in [0.717, 1.165) is 12.0 Å². The summed E-state index contributed by atoms with van der Waals surface area (Å²) in [6.45, 7) is 4.28. The van der Waals surface area contributed by atoms with Crippen LogP contribution in [0.3, 0.4) is 0 Å². The molecule has 0 unspecified atom stereocenters. The van der Waals surface area contributed by atoms with E-state index in [-0.39, 0.29) is 17.6 Å². The Labute approximate surface area is 151 Å². The van der Waals surface area contributed by atoms with E-state index in [1.54, 1.807) is 6.92 Å². The van der Waals surface area contributed by atoms with Crippen molar-refractivity contribution in [1.82, 2.24) is 9.21 Å². The third kappa shape index (κ3) is 5.52. The van der Waals surface area contributed by atoms with Crippen LogP contribution >= 0.6 is 0 Å². The molecule has 1 saturated heterocycles. The number of sulfonamides is 1. The number of hydrogen-bond donors (Lipinski definition) is 1. The van der Waals surface area contributed by atoms with Crippen LogP contribution in [0.2, 0.25) is 0 Å².